The fourth-order valence-corrected chi connectivity index (χ4v) is 3.25. The minimum atomic E-state index is -0.448. The van der Waals surface area contributed by atoms with E-state index in [4.69, 9.17) is 0 Å². The number of benzene rings is 1. The second kappa shape index (κ2) is 5.88. The molecule has 2 rings (SSSR count). The molecular weight excluding hydrogens is 220 g/mol. The number of aliphatic hydroxyl groups is 1. The molecule has 0 saturated heterocycles. The van der Waals surface area contributed by atoms with Crippen LogP contribution in [-0.4, -0.2) is 10.7 Å². The second-order valence-corrected chi connectivity index (χ2v) is 6.06. The normalized spacial score (nSPS) is 28.3. The molecule has 1 N–H and O–H groups in total. The Labute approximate surface area is 111 Å². The Morgan fingerprint density at radius 2 is 1.89 bits per heavy atom. The van der Waals surface area contributed by atoms with Crippen LogP contribution in [0, 0.1) is 12.8 Å². The zero-order valence-corrected chi connectivity index (χ0v) is 11.8. The van der Waals surface area contributed by atoms with E-state index in [0.717, 1.165) is 25.2 Å². The van der Waals surface area contributed by atoms with Crippen molar-refractivity contribution in [2.75, 3.05) is 0 Å². The maximum Gasteiger partial charge on any atom is 0.0688 e. The lowest BCUT2D eigenvalue weighted by atomic mass is 9.74. The predicted octanol–water partition coefficient (Wildman–Crippen LogP) is 4.26. The van der Waals surface area contributed by atoms with Crippen LogP contribution in [0.1, 0.15) is 56.6 Å². The Hall–Kier alpha value is -0.820. The highest BCUT2D eigenvalue weighted by molar-refractivity contribution is 5.27. The third-order valence-corrected chi connectivity index (χ3v) is 4.51. The molecular formula is C17H26O. The molecule has 1 aliphatic carbocycles. The summed E-state index contributed by atoms with van der Waals surface area (Å²) in [5.74, 6) is 0.854. The van der Waals surface area contributed by atoms with Gasteiger partial charge in [-0.05, 0) is 49.7 Å². The van der Waals surface area contributed by atoms with Gasteiger partial charge in [-0.3, -0.25) is 0 Å². The van der Waals surface area contributed by atoms with Crippen molar-refractivity contribution in [2.24, 2.45) is 5.92 Å². The van der Waals surface area contributed by atoms with Crippen LogP contribution >= 0.6 is 0 Å². The smallest absolute Gasteiger partial charge is 0.0688 e. The monoisotopic (exact) mass is 246 g/mol. The largest absolute Gasteiger partial charge is 0.390 e. The summed E-state index contributed by atoms with van der Waals surface area (Å²) in [6.07, 6.45) is 7.81. The molecule has 0 aliphatic heterocycles. The predicted molar refractivity (Wildman–Crippen MR) is 76.7 cm³/mol. The lowest BCUT2D eigenvalue weighted by molar-refractivity contribution is -0.00998. The number of rotatable bonds is 4. The van der Waals surface area contributed by atoms with Crippen LogP contribution in [-0.2, 0) is 6.42 Å². The summed E-state index contributed by atoms with van der Waals surface area (Å²) >= 11 is 0. The maximum absolute atomic E-state index is 10.7. The minimum absolute atomic E-state index is 0.448. The molecule has 0 aromatic heterocycles. The summed E-state index contributed by atoms with van der Waals surface area (Å²) in [4.78, 5) is 0. The first-order valence-corrected chi connectivity index (χ1v) is 7.40. The highest BCUT2D eigenvalue weighted by Gasteiger charge is 2.33. The van der Waals surface area contributed by atoms with E-state index in [1.807, 2.05) is 0 Å². The van der Waals surface area contributed by atoms with Gasteiger partial charge in [0.05, 0.1) is 5.60 Å². The first-order chi connectivity index (χ1) is 8.63. The summed E-state index contributed by atoms with van der Waals surface area (Å²) in [6.45, 7) is 4.40. The number of hydrogen-bond donors (Lipinski definition) is 1. The molecule has 1 heteroatoms. The van der Waals surface area contributed by atoms with Gasteiger partial charge in [0.2, 0.25) is 0 Å². The summed E-state index contributed by atoms with van der Waals surface area (Å²) in [5, 5.41) is 10.7. The summed E-state index contributed by atoms with van der Waals surface area (Å²) < 4.78 is 0. The lowest BCUT2D eigenvalue weighted by Crippen LogP contribution is -2.36. The molecule has 1 fully saturated rings. The molecule has 0 atom stereocenters. The van der Waals surface area contributed by atoms with E-state index < -0.39 is 5.60 Å². The summed E-state index contributed by atoms with van der Waals surface area (Å²) in [5.41, 5.74) is 2.17. The lowest BCUT2D eigenvalue weighted by Gasteiger charge is -2.36. The molecule has 0 radical (unpaired) electrons. The summed E-state index contributed by atoms with van der Waals surface area (Å²) in [7, 11) is 0. The molecule has 1 aromatic rings. The Balaban J connectivity index is 1.96. The van der Waals surface area contributed by atoms with Gasteiger partial charge in [0.25, 0.3) is 0 Å². The van der Waals surface area contributed by atoms with Gasteiger partial charge in [-0.2, -0.15) is 0 Å². The molecule has 18 heavy (non-hydrogen) atoms. The second-order valence-electron chi connectivity index (χ2n) is 6.06. The Kier molecular flexibility index (Phi) is 4.45. The minimum Gasteiger partial charge on any atom is -0.390 e. The highest BCUT2D eigenvalue weighted by Crippen LogP contribution is 2.36. The molecule has 0 amide bonds. The van der Waals surface area contributed by atoms with Gasteiger partial charge in [-0.25, -0.2) is 0 Å². The van der Waals surface area contributed by atoms with E-state index in [2.05, 4.69) is 38.1 Å². The van der Waals surface area contributed by atoms with Crippen LogP contribution in [0.25, 0.3) is 0 Å². The topological polar surface area (TPSA) is 20.2 Å². The highest BCUT2D eigenvalue weighted by atomic mass is 16.3. The van der Waals surface area contributed by atoms with Crippen molar-refractivity contribution < 1.29 is 5.11 Å². The maximum atomic E-state index is 10.7. The van der Waals surface area contributed by atoms with Crippen LogP contribution in [0.4, 0.5) is 0 Å². The standard InChI is InChI=1S/C17H26O/c1-3-6-15-9-11-17(18,12-10-15)13-16-8-5-4-7-14(16)2/h4-5,7-8,15,18H,3,6,9-13H2,1-2H3. The molecule has 0 bridgehead atoms. The van der Waals surface area contributed by atoms with Crippen molar-refractivity contribution in [2.45, 2.75) is 64.4 Å². The Morgan fingerprint density at radius 1 is 1.22 bits per heavy atom. The van der Waals surface area contributed by atoms with E-state index in [1.165, 1.54) is 36.8 Å². The van der Waals surface area contributed by atoms with Crippen LogP contribution in [0.5, 0.6) is 0 Å². The third-order valence-electron chi connectivity index (χ3n) is 4.51. The van der Waals surface area contributed by atoms with Gasteiger partial charge in [0, 0.05) is 6.42 Å². The fraction of sp³-hybridized carbons (Fsp3) is 0.647. The van der Waals surface area contributed by atoms with Gasteiger partial charge in [-0.15, -0.1) is 0 Å². The van der Waals surface area contributed by atoms with Gasteiger partial charge in [-0.1, -0.05) is 44.0 Å². The van der Waals surface area contributed by atoms with Crippen LogP contribution in [0.15, 0.2) is 24.3 Å². The fourth-order valence-electron chi connectivity index (χ4n) is 3.25. The van der Waals surface area contributed by atoms with Crippen LogP contribution in [0.2, 0.25) is 0 Å². The van der Waals surface area contributed by atoms with E-state index in [0.29, 0.717) is 0 Å². The van der Waals surface area contributed by atoms with Crippen molar-refractivity contribution in [3.05, 3.63) is 35.4 Å². The average molecular weight is 246 g/mol. The SMILES string of the molecule is CCCC1CCC(O)(Cc2ccccc2C)CC1. The van der Waals surface area contributed by atoms with Crippen molar-refractivity contribution >= 4 is 0 Å². The van der Waals surface area contributed by atoms with Gasteiger partial charge in [0.15, 0.2) is 0 Å². The van der Waals surface area contributed by atoms with Crippen LogP contribution in [0.3, 0.4) is 0 Å². The van der Waals surface area contributed by atoms with Crippen molar-refractivity contribution in [3.63, 3.8) is 0 Å². The van der Waals surface area contributed by atoms with Gasteiger partial charge in [0.1, 0.15) is 0 Å². The third kappa shape index (κ3) is 3.35. The van der Waals surface area contributed by atoms with E-state index in [-0.39, 0.29) is 0 Å². The molecule has 1 nitrogen and oxygen atoms in total. The average Bonchev–Trinajstić information content (AvgIpc) is 2.36. The summed E-state index contributed by atoms with van der Waals surface area (Å²) in [6, 6.07) is 8.45. The Morgan fingerprint density at radius 3 is 2.50 bits per heavy atom. The van der Waals surface area contributed by atoms with Crippen molar-refractivity contribution in [3.8, 4) is 0 Å². The van der Waals surface area contributed by atoms with Gasteiger partial charge >= 0.3 is 0 Å². The number of aryl methyl sites for hydroxylation is 1. The zero-order chi connectivity index (χ0) is 13.0. The molecule has 100 valence electrons. The number of hydrogen-bond acceptors (Lipinski definition) is 1. The molecule has 0 unspecified atom stereocenters. The molecule has 1 aliphatic rings. The van der Waals surface area contributed by atoms with Crippen LogP contribution < -0.4 is 0 Å². The van der Waals surface area contributed by atoms with E-state index in [1.54, 1.807) is 0 Å². The van der Waals surface area contributed by atoms with E-state index in [9.17, 15) is 5.11 Å². The molecule has 0 heterocycles. The quantitative estimate of drug-likeness (QED) is 0.841. The first-order valence-electron chi connectivity index (χ1n) is 7.40. The first kappa shape index (κ1) is 13.6. The Bertz CT molecular complexity index is 375. The molecule has 1 saturated carbocycles. The van der Waals surface area contributed by atoms with E-state index >= 15 is 0 Å². The molecule has 1 aromatic carbocycles. The molecule has 0 spiro atoms. The van der Waals surface area contributed by atoms with Crippen molar-refractivity contribution in [1.82, 2.24) is 0 Å². The van der Waals surface area contributed by atoms with Gasteiger partial charge < -0.3 is 5.11 Å². The van der Waals surface area contributed by atoms with Crippen molar-refractivity contribution in [1.29, 1.82) is 0 Å². The zero-order valence-electron chi connectivity index (χ0n) is 11.8.